The van der Waals surface area contributed by atoms with E-state index in [4.69, 9.17) is 14.9 Å². The first-order valence-electron chi connectivity index (χ1n) is 8.21. The van der Waals surface area contributed by atoms with Gasteiger partial charge in [-0.15, -0.1) is 0 Å². The van der Waals surface area contributed by atoms with Crippen molar-refractivity contribution in [3.05, 3.63) is 77.0 Å². The van der Waals surface area contributed by atoms with Crippen molar-refractivity contribution in [2.45, 2.75) is 20.4 Å². The van der Waals surface area contributed by atoms with Crippen LogP contribution in [0.4, 0.5) is 0 Å². The summed E-state index contributed by atoms with van der Waals surface area (Å²) in [7, 11) is 0. The molecule has 0 saturated carbocycles. The van der Waals surface area contributed by atoms with E-state index in [2.05, 4.69) is 0 Å². The topological polar surface area (TPSA) is 87.5 Å². The summed E-state index contributed by atoms with van der Waals surface area (Å²) in [6.45, 7) is 4.22. The molecule has 2 aromatic heterocycles. The Morgan fingerprint density at radius 3 is 2.58 bits per heavy atom. The van der Waals surface area contributed by atoms with Gasteiger partial charge in [-0.1, -0.05) is 12.1 Å². The van der Waals surface area contributed by atoms with Gasteiger partial charge in [0, 0.05) is 17.0 Å². The number of hydrogen-bond acceptors (Lipinski definition) is 4. The quantitative estimate of drug-likeness (QED) is 0.662. The molecule has 0 saturated heterocycles. The zero-order valence-corrected chi connectivity index (χ0v) is 14.7. The molecule has 6 nitrogen and oxygen atoms in total. The van der Waals surface area contributed by atoms with Crippen LogP contribution >= 0.6 is 0 Å². The first-order valence-corrected chi connectivity index (χ1v) is 8.21. The Bertz CT molecular complexity index is 939. The summed E-state index contributed by atoms with van der Waals surface area (Å²) in [6.07, 6.45) is 1.62. The van der Waals surface area contributed by atoms with Gasteiger partial charge in [-0.25, -0.2) is 0 Å². The SMILES string of the molecule is Cc1cc(C(=O)COc2ccccc2C(N)=O)c(C)n1Cc1ccco1. The summed E-state index contributed by atoms with van der Waals surface area (Å²) in [5, 5.41) is 0. The third kappa shape index (κ3) is 3.54. The Morgan fingerprint density at radius 2 is 1.88 bits per heavy atom. The molecule has 0 spiro atoms. The van der Waals surface area contributed by atoms with Crippen molar-refractivity contribution in [3.8, 4) is 5.75 Å². The minimum atomic E-state index is -0.593. The summed E-state index contributed by atoms with van der Waals surface area (Å²) in [5.74, 6) is 0.364. The number of nitrogens with two attached hydrogens (primary N) is 1. The van der Waals surface area contributed by atoms with Crippen LogP contribution in [0.15, 0.2) is 53.1 Å². The number of nitrogens with zero attached hydrogens (tertiary/aromatic N) is 1. The lowest BCUT2D eigenvalue weighted by Crippen LogP contribution is -2.17. The lowest BCUT2D eigenvalue weighted by atomic mass is 10.1. The predicted octanol–water partition coefficient (Wildman–Crippen LogP) is 3.11. The van der Waals surface area contributed by atoms with Crippen LogP contribution in [0, 0.1) is 13.8 Å². The Labute approximate surface area is 151 Å². The Kier molecular flexibility index (Phi) is 4.93. The lowest BCUT2D eigenvalue weighted by molar-refractivity contribution is 0.0911. The fraction of sp³-hybridized carbons (Fsp3) is 0.200. The normalized spacial score (nSPS) is 10.7. The predicted molar refractivity (Wildman–Crippen MR) is 96.5 cm³/mol. The van der Waals surface area contributed by atoms with Crippen molar-refractivity contribution >= 4 is 11.7 Å². The highest BCUT2D eigenvalue weighted by Gasteiger charge is 2.18. The van der Waals surface area contributed by atoms with Crippen molar-refractivity contribution in [3.63, 3.8) is 0 Å². The van der Waals surface area contributed by atoms with E-state index in [9.17, 15) is 9.59 Å². The van der Waals surface area contributed by atoms with Gasteiger partial charge in [-0.05, 0) is 44.2 Å². The molecule has 1 amide bonds. The molecule has 26 heavy (non-hydrogen) atoms. The molecule has 2 N–H and O–H groups in total. The van der Waals surface area contributed by atoms with Gasteiger partial charge in [0.05, 0.1) is 18.4 Å². The van der Waals surface area contributed by atoms with Crippen LogP contribution in [0.3, 0.4) is 0 Å². The van der Waals surface area contributed by atoms with E-state index in [0.717, 1.165) is 17.1 Å². The molecule has 0 aliphatic rings. The summed E-state index contributed by atoms with van der Waals surface area (Å²) in [4.78, 5) is 24.0. The largest absolute Gasteiger partial charge is 0.485 e. The van der Waals surface area contributed by atoms with E-state index in [0.29, 0.717) is 17.9 Å². The maximum absolute atomic E-state index is 12.6. The van der Waals surface area contributed by atoms with E-state index in [-0.39, 0.29) is 18.0 Å². The smallest absolute Gasteiger partial charge is 0.252 e. The summed E-state index contributed by atoms with van der Waals surface area (Å²) in [5.41, 5.74) is 7.97. The van der Waals surface area contributed by atoms with Crippen LogP contribution in [0.1, 0.15) is 37.9 Å². The summed E-state index contributed by atoms with van der Waals surface area (Å²) < 4.78 is 12.9. The van der Waals surface area contributed by atoms with Crippen LogP contribution in [-0.2, 0) is 6.54 Å². The number of para-hydroxylation sites is 1. The fourth-order valence-corrected chi connectivity index (χ4v) is 2.90. The second kappa shape index (κ2) is 7.31. The average Bonchev–Trinajstić information content (AvgIpc) is 3.23. The van der Waals surface area contributed by atoms with Gasteiger partial charge in [-0.3, -0.25) is 9.59 Å². The van der Waals surface area contributed by atoms with Crippen molar-refractivity contribution in [2.24, 2.45) is 5.73 Å². The highest BCUT2D eigenvalue weighted by atomic mass is 16.5. The number of benzene rings is 1. The van der Waals surface area contributed by atoms with E-state index in [1.54, 1.807) is 30.5 Å². The number of hydrogen-bond donors (Lipinski definition) is 1. The first kappa shape index (κ1) is 17.5. The Balaban J connectivity index is 1.76. The molecule has 3 rings (SSSR count). The standard InChI is InChI=1S/C20H20N2O4/c1-13-10-17(14(2)22(13)11-15-6-5-9-25-15)18(23)12-26-19-8-4-3-7-16(19)20(21)24/h3-10H,11-12H2,1-2H3,(H2,21,24). The van der Waals surface area contributed by atoms with E-state index in [1.165, 1.54) is 0 Å². The zero-order valence-electron chi connectivity index (χ0n) is 14.7. The van der Waals surface area contributed by atoms with Crippen LogP contribution < -0.4 is 10.5 Å². The Hall–Kier alpha value is -3.28. The molecule has 1 aromatic carbocycles. The molecule has 0 atom stereocenters. The van der Waals surface area contributed by atoms with Gasteiger partial charge < -0.3 is 19.5 Å². The zero-order chi connectivity index (χ0) is 18.7. The number of rotatable bonds is 7. The van der Waals surface area contributed by atoms with Crippen LogP contribution in [0.5, 0.6) is 5.75 Å². The molecule has 0 bridgehead atoms. The molecular formula is C20H20N2O4. The molecule has 0 aliphatic carbocycles. The van der Waals surface area contributed by atoms with E-state index >= 15 is 0 Å². The minimum absolute atomic E-state index is 0.164. The molecular weight excluding hydrogens is 332 g/mol. The molecule has 2 heterocycles. The molecule has 6 heteroatoms. The van der Waals surface area contributed by atoms with E-state index in [1.807, 2.05) is 36.6 Å². The molecule has 0 aliphatic heterocycles. The third-order valence-electron chi connectivity index (χ3n) is 4.28. The second-order valence-electron chi connectivity index (χ2n) is 6.02. The maximum Gasteiger partial charge on any atom is 0.252 e. The fourth-order valence-electron chi connectivity index (χ4n) is 2.90. The second-order valence-corrected chi connectivity index (χ2v) is 6.02. The van der Waals surface area contributed by atoms with Crippen molar-refractivity contribution in [1.82, 2.24) is 4.57 Å². The van der Waals surface area contributed by atoms with Crippen LogP contribution in [0.2, 0.25) is 0 Å². The van der Waals surface area contributed by atoms with Gasteiger partial charge in [-0.2, -0.15) is 0 Å². The summed E-state index contributed by atoms with van der Waals surface area (Å²) in [6, 6.07) is 12.2. The summed E-state index contributed by atoms with van der Waals surface area (Å²) >= 11 is 0. The number of carbonyl (C=O) groups excluding carboxylic acids is 2. The average molecular weight is 352 g/mol. The van der Waals surface area contributed by atoms with Crippen molar-refractivity contribution in [1.29, 1.82) is 0 Å². The lowest BCUT2D eigenvalue weighted by Gasteiger charge is -2.10. The highest BCUT2D eigenvalue weighted by Crippen LogP contribution is 2.20. The molecule has 0 radical (unpaired) electrons. The monoisotopic (exact) mass is 352 g/mol. The Morgan fingerprint density at radius 1 is 1.12 bits per heavy atom. The number of Topliss-reactive ketones (excluding diaryl/α,β-unsaturated/α-hetero) is 1. The highest BCUT2D eigenvalue weighted by molar-refractivity contribution is 5.99. The number of furan rings is 1. The van der Waals surface area contributed by atoms with Gasteiger partial charge in [0.15, 0.2) is 6.61 Å². The van der Waals surface area contributed by atoms with Crippen molar-refractivity contribution in [2.75, 3.05) is 6.61 Å². The number of aromatic nitrogens is 1. The maximum atomic E-state index is 12.6. The van der Waals surface area contributed by atoms with Gasteiger partial charge in [0.1, 0.15) is 11.5 Å². The molecule has 134 valence electrons. The first-order chi connectivity index (χ1) is 12.5. The van der Waals surface area contributed by atoms with Gasteiger partial charge in [0.25, 0.3) is 5.91 Å². The van der Waals surface area contributed by atoms with Crippen molar-refractivity contribution < 1.29 is 18.7 Å². The van der Waals surface area contributed by atoms with Gasteiger partial charge >= 0.3 is 0 Å². The number of ketones is 1. The number of aryl methyl sites for hydroxylation is 1. The van der Waals surface area contributed by atoms with Crippen LogP contribution in [0.25, 0.3) is 0 Å². The molecule has 0 unspecified atom stereocenters. The molecule has 0 fully saturated rings. The minimum Gasteiger partial charge on any atom is -0.485 e. The number of amides is 1. The van der Waals surface area contributed by atoms with Gasteiger partial charge in [0.2, 0.25) is 5.78 Å². The molecule has 3 aromatic rings. The number of ether oxygens (including phenoxy) is 1. The number of primary amides is 1. The number of carbonyl (C=O) groups is 2. The van der Waals surface area contributed by atoms with Crippen LogP contribution in [-0.4, -0.2) is 22.9 Å². The van der Waals surface area contributed by atoms with E-state index < -0.39 is 5.91 Å². The third-order valence-corrected chi connectivity index (χ3v) is 4.28.